The van der Waals surface area contributed by atoms with E-state index in [-0.39, 0.29) is 27.9 Å². The zero-order chi connectivity index (χ0) is 20.8. The molecule has 2 rings (SSSR count). The van der Waals surface area contributed by atoms with Gasteiger partial charge < -0.3 is 30.7 Å². The number of anilines is 1. The molecule has 2 aromatic rings. The molecule has 10 heteroatoms. The summed E-state index contributed by atoms with van der Waals surface area (Å²) in [5.74, 6) is -2.55. The second kappa shape index (κ2) is 8.96. The Morgan fingerprint density at radius 2 is 1.89 bits per heavy atom. The van der Waals surface area contributed by atoms with Crippen molar-refractivity contribution in [2.24, 2.45) is 5.73 Å². The summed E-state index contributed by atoms with van der Waals surface area (Å²) in [6.07, 6.45) is 0. The molecule has 9 nitrogen and oxygen atoms in total. The van der Waals surface area contributed by atoms with Crippen LogP contribution in [0.2, 0.25) is 5.02 Å². The second-order valence-corrected chi connectivity index (χ2v) is 6.05. The lowest BCUT2D eigenvalue weighted by Gasteiger charge is -2.21. The first-order valence-corrected chi connectivity index (χ1v) is 8.26. The number of hydrogen-bond acceptors (Lipinski definition) is 6. The molecule has 0 saturated carbocycles. The van der Waals surface area contributed by atoms with Crippen molar-refractivity contribution in [3.63, 3.8) is 0 Å². The highest BCUT2D eigenvalue weighted by molar-refractivity contribution is 6.31. The van der Waals surface area contributed by atoms with Crippen LogP contribution in [0.5, 0.6) is 11.5 Å². The number of benzene rings is 2. The number of carboxylic acid groups (broad SMARTS) is 2. The first kappa shape index (κ1) is 20.8. The number of rotatable bonds is 9. The van der Waals surface area contributed by atoms with E-state index < -0.39 is 24.6 Å². The van der Waals surface area contributed by atoms with Crippen molar-refractivity contribution >= 4 is 35.1 Å². The first-order chi connectivity index (χ1) is 13.2. The number of carboxylic acids is 2. The highest BCUT2D eigenvalue weighted by atomic mass is 35.5. The molecule has 0 spiro atoms. The minimum atomic E-state index is -1.32. The number of nitrogens with one attached hydrogen (secondary N) is 2. The largest absolute Gasteiger partial charge is 0.493 e. The molecule has 148 valence electrons. The van der Waals surface area contributed by atoms with Gasteiger partial charge in [-0.3, -0.25) is 5.41 Å². The second-order valence-electron chi connectivity index (χ2n) is 5.62. The molecule has 28 heavy (non-hydrogen) atoms. The van der Waals surface area contributed by atoms with E-state index in [2.05, 4.69) is 5.32 Å². The number of nitrogen functional groups attached to an aromatic ring is 1. The molecule has 0 aliphatic carbocycles. The molecule has 0 bridgehead atoms. The molecule has 0 fully saturated rings. The van der Waals surface area contributed by atoms with Crippen LogP contribution in [0, 0.1) is 5.41 Å². The number of carbonyl (C=O) groups is 2. The Labute approximate surface area is 165 Å². The van der Waals surface area contributed by atoms with Gasteiger partial charge in [-0.15, -0.1) is 0 Å². The van der Waals surface area contributed by atoms with Crippen LogP contribution >= 0.6 is 11.6 Å². The van der Waals surface area contributed by atoms with Gasteiger partial charge in [0.25, 0.3) is 0 Å². The quantitative estimate of drug-likeness (QED) is 0.313. The van der Waals surface area contributed by atoms with Gasteiger partial charge in [-0.05, 0) is 30.3 Å². The molecule has 0 saturated heterocycles. The van der Waals surface area contributed by atoms with E-state index in [4.69, 9.17) is 37.3 Å². The third-order valence-electron chi connectivity index (χ3n) is 3.67. The minimum Gasteiger partial charge on any atom is -0.493 e. The van der Waals surface area contributed by atoms with E-state index in [0.29, 0.717) is 11.3 Å². The van der Waals surface area contributed by atoms with E-state index in [1.54, 1.807) is 24.3 Å². The Kier molecular flexibility index (Phi) is 6.67. The van der Waals surface area contributed by atoms with Gasteiger partial charge in [0, 0.05) is 27.9 Å². The molecule has 2 aromatic carbocycles. The predicted octanol–water partition coefficient (Wildman–Crippen LogP) is 2.33. The smallest absolute Gasteiger partial charge is 0.341 e. The number of nitrogens with two attached hydrogens (primary N) is 1. The number of methoxy groups -OCH3 is 1. The molecule has 0 heterocycles. The number of halogens is 1. The first-order valence-electron chi connectivity index (χ1n) is 7.88. The summed E-state index contributed by atoms with van der Waals surface area (Å²) in [6, 6.07) is 7.67. The molecule has 0 aliphatic rings. The standard InChI is InChI=1S/C18H18ClN3O6/c1-27-13-7-10(19)6-12(16(13)28-8-14(23)24)15(18(25)26)22-11-4-2-9(3-5-11)17(20)21/h2-7,15,22H,8H2,1H3,(H3,20,21)(H,23,24)(H,25,26). The summed E-state index contributed by atoms with van der Waals surface area (Å²) in [4.78, 5) is 22.8. The van der Waals surface area contributed by atoms with Gasteiger partial charge >= 0.3 is 11.9 Å². The zero-order valence-electron chi connectivity index (χ0n) is 14.7. The lowest BCUT2D eigenvalue weighted by Crippen LogP contribution is -2.22. The molecule has 1 unspecified atom stereocenters. The van der Waals surface area contributed by atoms with Crippen molar-refractivity contribution in [3.05, 3.63) is 52.5 Å². The van der Waals surface area contributed by atoms with Crippen molar-refractivity contribution in [2.75, 3.05) is 19.0 Å². The predicted molar refractivity (Wildman–Crippen MR) is 103 cm³/mol. The highest BCUT2D eigenvalue weighted by Crippen LogP contribution is 2.39. The lowest BCUT2D eigenvalue weighted by atomic mass is 10.0. The summed E-state index contributed by atoms with van der Waals surface area (Å²) >= 11 is 6.06. The number of ether oxygens (including phenoxy) is 2. The fourth-order valence-corrected chi connectivity index (χ4v) is 2.65. The monoisotopic (exact) mass is 407 g/mol. The van der Waals surface area contributed by atoms with Crippen molar-refractivity contribution < 1.29 is 29.3 Å². The van der Waals surface area contributed by atoms with Gasteiger partial charge in [0.15, 0.2) is 24.1 Å². The number of amidine groups is 1. The number of hydrogen-bond donors (Lipinski definition) is 5. The van der Waals surface area contributed by atoms with Crippen LogP contribution in [0.25, 0.3) is 0 Å². The molecular weight excluding hydrogens is 390 g/mol. The Morgan fingerprint density at radius 1 is 1.25 bits per heavy atom. The molecule has 0 aliphatic heterocycles. The van der Waals surface area contributed by atoms with Crippen molar-refractivity contribution in [3.8, 4) is 11.5 Å². The average Bonchev–Trinajstić information content (AvgIpc) is 2.64. The fourth-order valence-electron chi connectivity index (χ4n) is 2.43. The van der Waals surface area contributed by atoms with E-state index in [9.17, 15) is 14.7 Å². The van der Waals surface area contributed by atoms with Crippen molar-refractivity contribution in [2.45, 2.75) is 6.04 Å². The van der Waals surface area contributed by atoms with Gasteiger partial charge in [-0.2, -0.15) is 0 Å². The van der Waals surface area contributed by atoms with Gasteiger partial charge in [-0.25, -0.2) is 9.59 Å². The van der Waals surface area contributed by atoms with Gasteiger partial charge in [0.1, 0.15) is 5.84 Å². The normalized spacial score (nSPS) is 11.4. The van der Waals surface area contributed by atoms with E-state index >= 15 is 0 Å². The van der Waals surface area contributed by atoms with Gasteiger partial charge in [-0.1, -0.05) is 11.6 Å². The van der Waals surface area contributed by atoms with Crippen LogP contribution in [0.4, 0.5) is 5.69 Å². The van der Waals surface area contributed by atoms with Crippen LogP contribution in [-0.4, -0.2) is 41.7 Å². The SMILES string of the molecule is COc1cc(Cl)cc(C(Nc2ccc(C(=N)N)cc2)C(=O)O)c1OCC(=O)O. The third kappa shape index (κ3) is 5.04. The molecule has 0 radical (unpaired) electrons. The molecule has 1 atom stereocenters. The Morgan fingerprint density at radius 3 is 2.39 bits per heavy atom. The average molecular weight is 408 g/mol. The summed E-state index contributed by atoms with van der Waals surface area (Å²) in [5.41, 5.74) is 6.41. The topological polar surface area (TPSA) is 155 Å². The summed E-state index contributed by atoms with van der Waals surface area (Å²) in [7, 11) is 1.33. The molecule has 0 aromatic heterocycles. The maximum atomic E-state index is 11.9. The van der Waals surface area contributed by atoms with Crippen LogP contribution in [0.1, 0.15) is 17.2 Å². The van der Waals surface area contributed by atoms with Crippen LogP contribution in [0.15, 0.2) is 36.4 Å². The Bertz CT molecular complexity index is 901. The van der Waals surface area contributed by atoms with Gasteiger partial charge in [0.05, 0.1) is 7.11 Å². The maximum absolute atomic E-state index is 11.9. The third-order valence-corrected chi connectivity index (χ3v) is 3.89. The maximum Gasteiger partial charge on any atom is 0.341 e. The fraction of sp³-hybridized carbons (Fsp3) is 0.167. The zero-order valence-corrected chi connectivity index (χ0v) is 15.5. The summed E-state index contributed by atoms with van der Waals surface area (Å²) in [5, 5.41) is 29.0. The molecule has 6 N–H and O–H groups in total. The van der Waals surface area contributed by atoms with Crippen LogP contribution in [-0.2, 0) is 9.59 Å². The van der Waals surface area contributed by atoms with E-state index in [1.807, 2.05) is 0 Å². The van der Waals surface area contributed by atoms with E-state index in [0.717, 1.165) is 0 Å². The van der Waals surface area contributed by atoms with Gasteiger partial charge in [0.2, 0.25) is 0 Å². The van der Waals surface area contributed by atoms with Crippen LogP contribution in [0.3, 0.4) is 0 Å². The Balaban J connectivity index is 2.46. The van der Waals surface area contributed by atoms with Crippen molar-refractivity contribution in [1.82, 2.24) is 0 Å². The van der Waals surface area contributed by atoms with E-state index in [1.165, 1.54) is 19.2 Å². The Hall–Kier alpha value is -3.46. The summed E-state index contributed by atoms with van der Waals surface area (Å²) in [6.45, 7) is -0.690. The van der Waals surface area contributed by atoms with Crippen LogP contribution < -0.4 is 20.5 Å². The molecule has 0 amide bonds. The van der Waals surface area contributed by atoms with Crippen molar-refractivity contribution in [1.29, 1.82) is 5.41 Å². The molecular formula is C18H18ClN3O6. The number of aliphatic carboxylic acids is 2. The lowest BCUT2D eigenvalue weighted by molar-refractivity contribution is -0.139. The summed E-state index contributed by atoms with van der Waals surface area (Å²) < 4.78 is 10.4. The minimum absolute atomic E-state index is 0.0467. The highest BCUT2D eigenvalue weighted by Gasteiger charge is 2.27.